The summed E-state index contributed by atoms with van der Waals surface area (Å²) in [5.41, 5.74) is 11.2. The maximum atomic E-state index is 12.9. The molecule has 1 fully saturated rings. The van der Waals surface area contributed by atoms with Gasteiger partial charge in [-0.2, -0.15) is 0 Å². The van der Waals surface area contributed by atoms with E-state index in [4.69, 9.17) is 11.5 Å². The number of nitrogens with zero attached hydrogens (tertiary/aromatic N) is 2. The molecule has 1 amide bonds. The van der Waals surface area contributed by atoms with Crippen molar-refractivity contribution >= 4 is 11.7 Å². The Balaban J connectivity index is 1.94. The van der Waals surface area contributed by atoms with Crippen LogP contribution < -0.4 is 21.7 Å². The highest BCUT2D eigenvalue weighted by Crippen LogP contribution is 2.30. The van der Waals surface area contributed by atoms with Crippen LogP contribution in [0.2, 0.25) is 0 Å². The number of allylic oxidation sites excluding steroid dienone is 2. The Morgan fingerprint density at radius 1 is 1.45 bits per heavy atom. The summed E-state index contributed by atoms with van der Waals surface area (Å²) in [6.07, 6.45) is 4.22. The fourth-order valence-electron chi connectivity index (χ4n) is 1.99. The molecule has 1 aliphatic rings. The fourth-order valence-corrected chi connectivity index (χ4v) is 1.99. The van der Waals surface area contributed by atoms with E-state index < -0.39 is 5.92 Å². The lowest BCUT2D eigenvalue weighted by molar-refractivity contribution is -0.119. The van der Waals surface area contributed by atoms with E-state index in [1.807, 2.05) is 0 Å². The molecule has 0 spiro atoms. The topological polar surface area (TPSA) is 97.3 Å². The zero-order chi connectivity index (χ0) is 16.2. The van der Waals surface area contributed by atoms with Gasteiger partial charge in [-0.3, -0.25) is 4.79 Å². The zero-order valence-corrected chi connectivity index (χ0v) is 11.8. The summed E-state index contributed by atoms with van der Waals surface area (Å²) in [5.74, 6) is -2.42. The highest BCUT2D eigenvalue weighted by Gasteiger charge is 2.44. The molecular formula is C14H17F2N5O. The number of hydrogen-bond donors (Lipinski definition) is 3. The second-order valence-electron chi connectivity index (χ2n) is 4.93. The number of hydrogen-bond acceptors (Lipinski definition) is 5. The van der Waals surface area contributed by atoms with Crippen LogP contribution in [0.1, 0.15) is 5.69 Å². The number of nitrogens with two attached hydrogens (primary N) is 2. The normalized spacial score (nSPS) is 17.4. The summed E-state index contributed by atoms with van der Waals surface area (Å²) in [6, 6.07) is 4.97. The maximum Gasteiger partial charge on any atom is 0.282 e. The van der Waals surface area contributed by atoms with Crippen LogP contribution in [0.25, 0.3) is 0 Å². The van der Waals surface area contributed by atoms with Crippen LogP contribution in [0.4, 0.5) is 14.6 Å². The molecule has 0 bridgehead atoms. The Kier molecular flexibility index (Phi) is 4.59. The molecule has 0 aliphatic carbocycles. The lowest BCUT2D eigenvalue weighted by atomic mass is 10.1. The third-order valence-electron chi connectivity index (χ3n) is 2.97. The largest absolute Gasteiger partial charge is 0.405 e. The van der Waals surface area contributed by atoms with Gasteiger partial charge in [0.2, 0.25) is 5.91 Å². The van der Waals surface area contributed by atoms with E-state index in [9.17, 15) is 13.6 Å². The van der Waals surface area contributed by atoms with Crippen LogP contribution in [0.3, 0.4) is 0 Å². The van der Waals surface area contributed by atoms with Crippen molar-refractivity contribution in [2.45, 2.75) is 12.3 Å². The van der Waals surface area contributed by atoms with Gasteiger partial charge in [-0.15, -0.1) is 0 Å². The molecule has 5 N–H and O–H groups in total. The van der Waals surface area contributed by atoms with Gasteiger partial charge < -0.3 is 21.7 Å². The van der Waals surface area contributed by atoms with Crippen molar-refractivity contribution < 1.29 is 13.6 Å². The van der Waals surface area contributed by atoms with Crippen LogP contribution in [-0.4, -0.2) is 29.9 Å². The van der Waals surface area contributed by atoms with Crippen molar-refractivity contribution in [3.63, 3.8) is 0 Å². The number of carbonyl (C=O) groups is 1. The first-order valence-corrected chi connectivity index (χ1v) is 6.62. The average molecular weight is 309 g/mol. The van der Waals surface area contributed by atoms with Crippen molar-refractivity contribution in [3.8, 4) is 0 Å². The molecule has 22 heavy (non-hydrogen) atoms. The van der Waals surface area contributed by atoms with Gasteiger partial charge in [0.15, 0.2) is 0 Å². The van der Waals surface area contributed by atoms with Crippen molar-refractivity contribution in [2.75, 3.05) is 18.0 Å². The first-order valence-electron chi connectivity index (χ1n) is 6.62. The molecule has 0 radical (unpaired) electrons. The van der Waals surface area contributed by atoms with E-state index in [1.54, 1.807) is 18.2 Å². The van der Waals surface area contributed by atoms with Crippen molar-refractivity contribution in [1.29, 1.82) is 0 Å². The summed E-state index contributed by atoms with van der Waals surface area (Å²) >= 11 is 0. The molecule has 0 saturated carbocycles. The van der Waals surface area contributed by atoms with E-state index in [-0.39, 0.29) is 31.2 Å². The third-order valence-corrected chi connectivity index (χ3v) is 2.97. The van der Waals surface area contributed by atoms with Crippen LogP contribution >= 0.6 is 0 Å². The first kappa shape index (κ1) is 15.7. The summed E-state index contributed by atoms with van der Waals surface area (Å²) in [4.78, 5) is 17.5. The highest BCUT2D eigenvalue weighted by atomic mass is 19.3. The van der Waals surface area contributed by atoms with Gasteiger partial charge in [0.25, 0.3) is 5.92 Å². The zero-order valence-electron chi connectivity index (χ0n) is 11.8. The predicted molar refractivity (Wildman–Crippen MR) is 78.8 cm³/mol. The molecule has 118 valence electrons. The molecule has 8 heteroatoms. The first-order chi connectivity index (χ1) is 10.4. The number of alkyl halides is 2. The second-order valence-corrected chi connectivity index (χ2v) is 4.93. The van der Waals surface area contributed by atoms with Gasteiger partial charge in [0, 0.05) is 0 Å². The van der Waals surface area contributed by atoms with Crippen molar-refractivity contribution in [2.24, 2.45) is 11.5 Å². The minimum absolute atomic E-state index is 0.00104. The molecule has 1 aromatic heterocycles. The Hall–Kier alpha value is -2.64. The SMILES string of the molecule is N/C=C\C=C(/N)NC(=O)Cc1cccc(N2CC(F)(F)C2)n1. The summed E-state index contributed by atoms with van der Waals surface area (Å²) in [6.45, 7) is -0.701. The van der Waals surface area contributed by atoms with E-state index in [0.29, 0.717) is 11.5 Å². The quantitative estimate of drug-likeness (QED) is 0.687. The molecule has 1 aliphatic heterocycles. The molecule has 2 heterocycles. The van der Waals surface area contributed by atoms with Crippen molar-refractivity contribution in [1.82, 2.24) is 10.3 Å². The van der Waals surface area contributed by atoms with E-state index in [2.05, 4.69) is 10.3 Å². The standard InChI is InChI=1S/C14H17F2N5O/c15-14(16)8-21(9-14)12-5-1-3-10(19-12)7-13(22)20-11(18)4-2-6-17/h1-6H,7-9,17-18H2,(H,20,22)/b6-2-,11-4+. The molecular weight excluding hydrogens is 292 g/mol. The van der Waals surface area contributed by atoms with Gasteiger partial charge in [0.05, 0.1) is 25.2 Å². The van der Waals surface area contributed by atoms with Crippen LogP contribution in [0, 0.1) is 0 Å². The molecule has 2 rings (SSSR count). The molecule has 6 nitrogen and oxygen atoms in total. The number of amides is 1. The Morgan fingerprint density at radius 2 is 2.18 bits per heavy atom. The number of aromatic nitrogens is 1. The summed E-state index contributed by atoms with van der Waals surface area (Å²) in [7, 11) is 0. The number of halogens is 2. The van der Waals surface area contributed by atoms with Crippen LogP contribution in [-0.2, 0) is 11.2 Å². The monoisotopic (exact) mass is 309 g/mol. The lowest BCUT2D eigenvalue weighted by Gasteiger charge is -2.39. The average Bonchev–Trinajstić information content (AvgIpc) is 2.42. The number of anilines is 1. The molecule has 1 aromatic rings. The van der Waals surface area contributed by atoms with Gasteiger partial charge >= 0.3 is 0 Å². The highest BCUT2D eigenvalue weighted by molar-refractivity contribution is 5.79. The minimum Gasteiger partial charge on any atom is -0.405 e. The maximum absolute atomic E-state index is 12.9. The fraction of sp³-hybridized carbons (Fsp3) is 0.286. The number of carbonyl (C=O) groups excluding carboxylic acids is 1. The van der Waals surface area contributed by atoms with E-state index in [0.717, 1.165) is 0 Å². The number of rotatable bonds is 5. The van der Waals surface area contributed by atoms with Gasteiger partial charge in [-0.05, 0) is 30.5 Å². The van der Waals surface area contributed by atoms with E-state index >= 15 is 0 Å². The van der Waals surface area contributed by atoms with Gasteiger partial charge in [-0.25, -0.2) is 13.8 Å². The summed E-state index contributed by atoms with van der Waals surface area (Å²) < 4.78 is 25.7. The Bertz CT molecular complexity index is 607. The third kappa shape index (κ3) is 4.18. The van der Waals surface area contributed by atoms with Crippen molar-refractivity contribution in [3.05, 3.63) is 48.1 Å². The predicted octanol–water partition coefficient (Wildman–Crippen LogP) is 0.468. The smallest absolute Gasteiger partial charge is 0.282 e. The molecule has 0 aromatic carbocycles. The molecule has 1 saturated heterocycles. The molecule has 0 unspecified atom stereocenters. The van der Waals surface area contributed by atoms with E-state index in [1.165, 1.54) is 23.3 Å². The number of pyridine rings is 1. The number of nitrogens with one attached hydrogen (secondary N) is 1. The Labute approximate surface area is 126 Å². The van der Waals surface area contributed by atoms with Gasteiger partial charge in [-0.1, -0.05) is 6.07 Å². The van der Waals surface area contributed by atoms with Gasteiger partial charge in [0.1, 0.15) is 11.6 Å². The minimum atomic E-state index is -2.66. The van der Waals surface area contributed by atoms with Crippen LogP contribution in [0.15, 0.2) is 42.4 Å². The van der Waals surface area contributed by atoms with Crippen LogP contribution in [0.5, 0.6) is 0 Å². The summed E-state index contributed by atoms with van der Waals surface area (Å²) in [5, 5.41) is 2.47. The Morgan fingerprint density at radius 3 is 2.82 bits per heavy atom. The second kappa shape index (κ2) is 6.42. The lowest BCUT2D eigenvalue weighted by Crippen LogP contribution is -2.56. The molecule has 0 atom stereocenters.